The fourth-order valence-electron chi connectivity index (χ4n) is 0.997. The summed E-state index contributed by atoms with van der Waals surface area (Å²) in [5.41, 5.74) is 0.483. The van der Waals surface area contributed by atoms with Crippen LogP contribution in [0.25, 0.3) is 0 Å². The van der Waals surface area contributed by atoms with Crippen molar-refractivity contribution in [2.45, 2.75) is 6.92 Å². The van der Waals surface area contributed by atoms with Crippen LogP contribution in [-0.2, 0) is 9.63 Å². The molecule has 1 aromatic rings. The van der Waals surface area contributed by atoms with Gasteiger partial charge < -0.3 is 4.84 Å². The number of carbonyl (C=O) groups excluding carboxylic acids is 2. The number of hydrogen-bond acceptors (Lipinski definition) is 3. The Morgan fingerprint density at radius 1 is 1.21 bits per heavy atom. The first-order valence-electron chi connectivity index (χ1n) is 4.13. The molecule has 0 N–H and O–H groups in total. The molecule has 0 fully saturated rings. The fourth-order valence-corrected chi connectivity index (χ4v) is 0.997. The molecule has 1 amide bonds. The van der Waals surface area contributed by atoms with Gasteiger partial charge in [0.2, 0.25) is 0 Å². The number of hydroxylamine groups is 2. The van der Waals surface area contributed by atoms with Gasteiger partial charge in [-0.3, -0.25) is 9.59 Å². The summed E-state index contributed by atoms with van der Waals surface area (Å²) in [6.45, 7) is 1.24. The number of hydrogen-bond donors (Lipinski definition) is 0. The van der Waals surface area contributed by atoms with Crippen LogP contribution in [0.4, 0.5) is 0 Å². The molecule has 0 heterocycles. The second-order valence-electron chi connectivity index (χ2n) is 2.75. The molecule has 14 heavy (non-hydrogen) atoms. The smallest absolute Gasteiger partial charge is 0.329 e. The van der Waals surface area contributed by atoms with E-state index in [1.165, 1.54) is 14.0 Å². The van der Waals surface area contributed by atoms with E-state index in [1.54, 1.807) is 24.3 Å². The molecule has 0 aromatic heterocycles. The van der Waals surface area contributed by atoms with Crippen molar-refractivity contribution in [3.8, 4) is 0 Å². The quantitative estimate of drug-likeness (QED) is 0.630. The fraction of sp³-hybridized carbons (Fsp3) is 0.200. The van der Waals surface area contributed by atoms with Crippen LogP contribution < -0.4 is 0 Å². The van der Waals surface area contributed by atoms with Crippen molar-refractivity contribution in [2.24, 2.45) is 0 Å². The summed E-state index contributed by atoms with van der Waals surface area (Å²) in [4.78, 5) is 26.7. The maximum Gasteiger partial charge on any atom is 0.329 e. The number of nitrogens with zero attached hydrogens (tertiary/aromatic N) is 1. The SMILES string of the molecule is CC(=O)ON(C)C(=O)c1ccccc1. The molecular weight excluding hydrogens is 182 g/mol. The highest BCUT2D eigenvalue weighted by molar-refractivity contribution is 5.93. The minimum atomic E-state index is -0.517. The van der Waals surface area contributed by atoms with Gasteiger partial charge in [-0.2, -0.15) is 5.06 Å². The third-order valence-electron chi connectivity index (χ3n) is 1.57. The van der Waals surface area contributed by atoms with Crippen LogP contribution in [0.15, 0.2) is 30.3 Å². The maximum atomic E-state index is 11.5. The van der Waals surface area contributed by atoms with E-state index in [0.29, 0.717) is 5.56 Å². The third kappa shape index (κ3) is 2.58. The largest absolute Gasteiger partial charge is 0.338 e. The van der Waals surface area contributed by atoms with Crippen molar-refractivity contribution in [3.63, 3.8) is 0 Å². The molecule has 1 rings (SSSR count). The van der Waals surface area contributed by atoms with Gasteiger partial charge in [0.15, 0.2) is 0 Å². The van der Waals surface area contributed by atoms with Crippen molar-refractivity contribution < 1.29 is 14.4 Å². The zero-order valence-corrected chi connectivity index (χ0v) is 8.06. The van der Waals surface area contributed by atoms with E-state index < -0.39 is 5.97 Å². The highest BCUT2D eigenvalue weighted by atomic mass is 16.7. The van der Waals surface area contributed by atoms with Crippen molar-refractivity contribution in [3.05, 3.63) is 35.9 Å². The molecule has 0 saturated heterocycles. The van der Waals surface area contributed by atoms with Gasteiger partial charge in [0.1, 0.15) is 0 Å². The van der Waals surface area contributed by atoms with E-state index in [1.807, 2.05) is 6.07 Å². The van der Waals surface area contributed by atoms with Gasteiger partial charge in [0, 0.05) is 19.5 Å². The first-order chi connectivity index (χ1) is 6.61. The van der Waals surface area contributed by atoms with E-state index in [9.17, 15) is 9.59 Å². The number of rotatable bonds is 1. The van der Waals surface area contributed by atoms with Crippen LogP contribution >= 0.6 is 0 Å². The van der Waals surface area contributed by atoms with Gasteiger partial charge in [-0.05, 0) is 12.1 Å². The lowest BCUT2D eigenvalue weighted by molar-refractivity contribution is -0.170. The van der Waals surface area contributed by atoms with E-state index in [2.05, 4.69) is 4.84 Å². The second-order valence-corrected chi connectivity index (χ2v) is 2.75. The van der Waals surface area contributed by atoms with Gasteiger partial charge in [-0.25, -0.2) is 0 Å². The lowest BCUT2D eigenvalue weighted by Crippen LogP contribution is -2.28. The average Bonchev–Trinajstić information content (AvgIpc) is 2.17. The Kier molecular flexibility index (Phi) is 3.23. The molecular formula is C10H11NO3. The van der Waals surface area contributed by atoms with Crippen LogP contribution in [-0.4, -0.2) is 24.0 Å². The molecule has 0 aliphatic rings. The molecule has 0 unspecified atom stereocenters. The standard InChI is InChI=1S/C10H11NO3/c1-8(12)14-11(2)10(13)9-6-4-3-5-7-9/h3-7H,1-2H3. The van der Waals surface area contributed by atoms with Gasteiger partial charge in [0.05, 0.1) is 0 Å². The van der Waals surface area contributed by atoms with Crippen LogP contribution in [0.1, 0.15) is 17.3 Å². The first-order valence-corrected chi connectivity index (χ1v) is 4.13. The number of carbonyl (C=O) groups is 2. The summed E-state index contributed by atoms with van der Waals surface area (Å²) in [5.74, 6) is -0.863. The lowest BCUT2D eigenvalue weighted by atomic mass is 10.2. The molecule has 0 bridgehead atoms. The Hall–Kier alpha value is -1.84. The zero-order valence-electron chi connectivity index (χ0n) is 8.06. The van der Waals surface area contributed by atoms with Crippen LogP contribution in [0, 0.1) is 0 Å². The Balaban J connectivity index is 2.71. The normalized spacial score (nSPS) is 9.29. The lowest BCUT2D eigenvalue weighted by Gasteiger charge is -2.14. The van der Waals surface area contributed by atoms with E-state index in [4.69, 9.17) is 0 Å². The van der Waals surface area contributed by atoms with E-state index >= 15 is 0 Å². The van der Waals surface area contributed by atoms with Crippen molar-refractivity contribution in [2.75, 3.05) is 7.05 Å². The molecule has 74 valence electrons. The minimum absolute atomic E-state index is 0.346. The summed E-state index contributed by atoms with van der Waals surface area (Å²) in [6, 6.07) is 8.61. The monoisotopic (exact) mass is 193 g/mol. The molecule has 0 aliphatic heterocycles. The first kappa shape index (κ1) is 10.2. The van der Waals surface area contributed by atoms with Crippen molar-refractivity contribution in [1.29, 1.82) is 0 Å². The number of amides is 1. The van der Waals surface area contributed by atoms with Crippen LogP contribution in [0.2, 0.25) is 0 Å². The van der Waals surface area contributed by atoms with Gasteiger partial charge in [-0.1, -0.05) is 18.2 Å². The Labute approximate surface area is 82.0 Å². The highest BCUT2D eigenvalue weighted by Gasteiger charge is 2.13. The zero-order chi connectivity index (χ0) is 10.6. The van der Waals surface area contributed by atoms with Gasteiger partial charge in [0.25, 0.3) is 5.91 Å². The summed E-state index contributed by atoms with van der Waals surface area (Å²) in [6.07, 6.45) is 0. The van der Waals surface area contributed by atoms with Crippen molar-refractivity contribution in [1.82, 2.24) is 5.06 Å². The summed E-state index contributed by atoms with van der Waals surface area (Å²) in [7, 11) is 1.40. The molecule has 0 spiro atoms. The molecule has 0 atom stereocenters. The van der Waals surface area contributed by atoms with Gasteiger partial charge in [-0.15, -0.1) is 0 Å². The predicted octanol–water partition coefficient (Wildman–Crippen LogP) is 1.24. The summed E-state index contributed by atoms with van der Waals surface area (Å²) in [5, 5.41) is 0.914. The summed E-state index contributed by atoms with van der Waals surface area (Å²) < 4.78 is 0. The van der Waals surface area contributed by atoms with E-state index in [-0.39, 0.29) is 5.91 Å². The second kappa shape index (κ2) is 4.41. The predicted molar refractivity (Wildman–Crippen MR) is 50.3 cm³/mol. The topological polar surface area (TPSA) is 46.6 Å². The number of benzene rings is 1. The highest BCUT2D eigenvalue weighted by Crippen LogP contribution is 2.03. The Morgan fingerprint density at radius 2 is 1.79 bits per heavy atom. The van der Waals surface area contributed by atoms with Gasteiger partial charge >= 0.3 is 5.97 Å². The molecule has 4 nitrogen and oxygen atoms in total. The average molecular weight is 193 g/mol. The Bertz CT molecular complexity index is 334. The molecule has 0 saturated carbocycles. The molecule has 0 aliphatic carbocycles. The van der Waals surface area contributed by atoms with Crippen molar-refractivity contribution >= 4 is 11.9 Å². The molecule has 1 aromatic carbocycles. The van der Waals surface area contributed by atoms with Crippen LogP contribution in [0.5, 0.6) is 0 Å². The molecule has 0 radical (unpaired) electrons. The summed E-state index contributed by atoms with van der Waals surface area (Å²) >= 11 is 0. The third-order valence-corrected chi connectivity index (χ3v) is 1.57. The van der Waals surface area contributed by atoms with Crippen LogP contribution in [0.3, 0.4) is 0 Å². The molecule has 4 heteroatoms. The Morgan fingerprint density at radius 3 is 2.29 bits per heavy atom. The van der Waals surface area contributed by atoms with E-state index in [0.717, 1.165) is 5.06 Å². The maximum absolute atomic E-state index is 11.5. The minimum Gasteiger partial charge on any atom is -0.338 e.